The van der Waals surface area contributed by atoms with E-state index >= 15 is 0 Å². The number of hydrogen-bond acceptors (Lipinski definition) is 4. The van der Waals surface area contributed by atoms with Crippen molar-refractivity contribution in [3.05, 3.63) is 0 Å². The van der Waals surface area contributed by atoms with Crippen LogP contribution in [0.2, 0.25) is 0 Å². The molecule has 3 aliphatic heterocycles. The molecule has 3 atom stereocenters. The minimum Gasteiger partial charge on any atom is -0.379 e. The molecule has 0 aromatic rings. The zero-order valence-electron chi connectivity index (χ0n) is 12.5. The maximum atomic E-state index is 5.45. The molecule has 3 aliphatic rings. The number of nitrogens with one attached hydrogen (secondary N) is 1. The summed E-state index contributed by atoms with van der Waals surface area (Å²) in [7, 11) is 2.12. The molecular formula is C15H29N3O. The van der Waals surface area contributed by atoms with Gasteiger partial charge in [0.25, 0.3) is 0 Å². The molecule has 0 amide bonds. The Morgan fingerprint density at radius 1 is 1.16 bits per heavy atom. The summed E-state index contributed by atoms with van der Waals surface area (Å²) in [5, 5.41) is 3.49. The van der Waals surface area contributed by atoms with Crippen molar-refractivity contribution in [3.8, 4) is 0 Å². The topological polar surface area (TPSA) is 27.7 Å². The third-order valence-corrected chi connectivity index (χ3v) is 5.33. The van der Waals surface area contributed by atoms with E-state index in [0.29, 0.717) is 6.04 Å². The van der Waals surface area contributed by atoms with Gasteiger partial charge in [0, 0.05) is 43.8 Å². The minimum absolute atomic E-state index is 0.702. The van der Waals surface area contributed by atoms with Gasteiger partial charge in [-0.3, -0.25) is 9.80 Å². The van der Waals surface area contributed by atoms with Gasteiger partial charge in [0.05, 0.1) is 13.2 Å². The van der Waals surface area contributed by atoms with Crippen molar-refractivity contribution in [2.24, 2.45) is 0 Å². The predicted molar refractivity (Wildman–Crippen MR) is 77.5 cm³/mol. The monoisotopic (exact) mass is 267 g/mol. The second-order valence-corrected chi connectivity index (χ2v) is 6.55. The van der Waals surface area contributed by atoms with E-state index in [4.69, 9.17) is 4.74 Å². The lowest BCUT2D eigenvalue weighted by atomic mass is 9.95. The first kappa shape index (κ1) is 13.8. The van der Waals surface area contributed by atoms with Gasteiger partial charge in [0.2, 0.25) is 0 Å². The summed E-state index contributed by atoms with van der Waals surface area (Å²) in [6.45, 7) is 7.73. The molecular weight excluding hydrogens is 238 g/mol. The highest BCUT2D eigenvalue weighted by Crippen LogP contribution is 2.37. The molecule has 3 fully saturated rings. The van der Waals surface area contributed by atoms with E-state index in [0.717, 1.165) is 44.4 Å². The molecule has 3 unspecified atom stereocenters. The molecule has 0 aromatic heterocycles. The van der Waals surface area contributed by atoms with Crippen LogP contribution in [0.3, 0.4) is 0 Å². The quantitative estimate of drug-likeness (QED) is 0.820. The van der Waals surface area contributed by atoms with Crippen molar-refractivity contribution in [3.63, 3.8) is 0 Å². The molecule has 3 rings (SSSR count). The Bertz CT molecular complexity index is 279. The number of nitrogens with zero attached hydrogens (tertiary/aromatic N) is 2. The zero-order valence-corrected chi connectivity index (χ0v) is 12.5. The summed E-state index contributed by atoms with van der Waals surface area (Å²) < 4.78 is 5.45. The summed E-state index contributed by atoms with van der Waals surface area (Å²) >= 11 is 0. The number of morpholine rings is 1. The second-order valence-electron chi connectivity index (χ2n) is 6.55. The SMILES string of the molecule is CNC1CC2CCC(C1)N2C(C)CN1CCOCC1. The normalized spacial score (nSPS) is 38.5. The Morgan fingerprint density at radius 2 is 1.79 bits per heavy atom. The first-order chi connectivity index (χ1) is 9.28. The lowest BCUT2D eigenvalue weighted by molar-refractivity contribution is 0.00898. The molecule has 0 aliphatic carbocycles. The minimum atomic E-state index is 0.702. The number of fused-ring (bicyclic) bond motifs is 2. The van der Waals surface area contributed by atoms with E-state index in [1.807, 2.05) is 0 Å². The van der Waals surface area contributed by atoms with Crippen LogP contribution in [0, 0.1) is 0 Å². The van der Waals surface area contributed by atoms with Gasteiger partial charge in [0.1, 0.15) is 0 Å². The molecule has 19 heavy (non-hydrogen) atoms. The van der Waals surface area contributed by atoms with Gasteiger partial charge >= 0.3 is 0 Å². The average molecular weight is 267 g/mol. The number of ether oxygens (including phenoxy) is 1. The van der Waals surface area contributed by atoms with Crippen LogP contribution in [0.4, 0.5) is 0 Å². The maximum Gasteiger partial charge on any atom is 0.0594 e. The Hall–Kier alpha value is -0.160. The van der Waals surface area contributed by atoms with Gasteiger partial charge in [0.15, 0.2) is 0 Å². The lowest BCUT2D eigenvalue weighted by Crippen LogP contribution is -2.55. The number of piperidine rings is 1. The predicted octanol–water partition coefficient (Wildman–Crippen LogP) is 0.922. The van der Waals surface area contributed by atoms with Crippen LogP contribution in [-0.2, 0) is 4.74 Å². The van der Waals surface area contributed by atoms with Gasteiger partial charge in [-0.2, -0.15) is 0 Å². The van der Waals surface area contributed by atoms with E-state index in [2.05, 4.69) is 29.1 Å². The summed E-state index contributed by atoms with van der Waals surface area (Å²) in [6, 6.07) is 3.11. The average Bonchev–Trinajstić information content (AvgIpc) is 2.71. The second kappa shape index (κ2) is 6.08. The van der Waals surface area contributed by atoms with Crippen LogP contribution in [0.1, 0.15) is 32.6 Å². The molecule has 4 heteroatoms. The Balaban J connectivity index is 1.56. The molecule has 4 nitrogen and oxygen atoms in total. The summed E-state index contributed by atoms with van der Waals surface area (Å²) in [5.74, 6) is 0. The van der Waals surface area contributed by atoms with Gasteiger partial charge in [-0.05, 0) is 39.7 Å². The van der Waals surface area contributed by atoms with Crippen LogP contribution >= 0.6 is 0 Å². The van der Waals surface area contributed by atoms with Crippen molar-refractivity contribution in [2.75, 3.05) is 39.9 Å². The Labute approximate surface area is 117 Å². The van der Waals surface area contributed by atoms with Crippen molar-refractivity contribution in [1.29, 1.82) is 0 Å². The summed E-state index contributed by atoms with van der Waals surface area (Å²) in [4.78, 5) is 5.42. The fourth-order valence-corrected chi connectivity index (χ4v) is 4.42. The first-order valence-corrected chi connectivity index (χ1v) is 8.02. The van der Waals surface area contributed by atoms with E-state index in [-0.39, 0.29) is 0 Å². The molecule has 1 N–H and O–H groups in total. The summed E-state index contributed by atoms with van der Waals surface area (Å²) in [6.07, 6.45) is 5.52. The Kier molecular flexibility index (Phi) is 4.42. The number of hydrogen-bond donors (Lipinski definition) is 1. The molecule has 0 saturated carbocycles. The smallest absolute Gasteiger partial charge is 0.0594 e. The largest absolute Gasteiger partial charge is 0.379 e. The molecule has 110 valence electrons. The molecule has 0 aromatic carbocycles. The van der Waals surface area contributed by atoms with Crippen molar-refractivity contribution in [1.82, 2.24) is 15.1 Å². The fraction of sp³-hybridized carbons (Fsp3) is 1.00. The van der Waals surface area contributed by atoms with E-state index in [1.54, 1.807) is 0 Å². The van der Waals surface area contributed by atoms with E-state index in [1.165, 1.54) is 32.2 Å². The molecule has 3 saturated heterocycles. The van der Waals surface area contributed by atoms with Crippen LogP contribution in [0.15, 0.2) is 0 Å². The third-order valence-electron chi connectivity index (χ3n) is 5.33. The summed E-state index contributed by atoms with van der Waals surface area (Å²) in [5.41, 5.74) is 0. The highest BCUT2D eigenvalue weighted by atomic mass is 16.5. The Morgan fingerprint density at radius 3 is 2.37 bits per heavy atom. The standard InChI is InChI=1S/C15H29N3O/c1-12(11-17-5-7-19-8-6-17)18-14-3-4-15(18)10-13(9-14)16-2/h12-16H,3-11H2,1-2H3. The highest BCUT2D eigenvalue weighted by molar-refractivity contribution is 4.99. The van der Waals surface area contributed by atoms with Crippen molar-refractivity contribution in [2.45, 2.75) is 56.8 Å². The molecule has 2 bridgehead atoms. The first-order valence-electron chi connectivity index (χ1n) is 8.02. The molecule has 0 spiro atoms. The highest BCUT2D eigenvalue weighted by Gasteiger charge is 2.42. The number of rotatable bonds is 4. The van der Waals surface area contributed by atoms with Crippen LogP contribution in [-0.4, -0.2) is 73.9 Å². The van der Waals surface area contributed by atoms with Gasteiger partial charge < -0.3 is 10.1 Å². The van der Waals surface area contributed by atoms with Gasteiger partial charge in [-0.15, -0.1) is 0 Å². The van der Waals surface area contributed by atoms with Crippen LogP contribution in [0.25, 0.3) is 0 Å². The third kappa shape index (κ3) is 2.97. The van der Waals surface area contributed by atoms with E-state index in [9.17, 15) is 0 Å². The fourth-order valence-electron chi connectivity index (χ4n) is 4.42. The van der Waals surface area contributed by atoms with Crippen LogP contribution in [0.5, 0.6) is 0 Å². The molecule has 3 heterocycles. The van der Waals surface area contributed by atoms with Crippen LogP contribution < -0.4 is 5.32 Å². The zero-order chi connectivity index (χ0) is 13.2. The maximum absolute atomic E-state index is 5.45. The van der Waals surface area contributed by atoms with E-state index < -0.39 is 0 Å². The van der Waals surface area contributed by atoms with Crippen molar-refractivity contribution < 1.29 is 4.74 Å². The van der Waals surface area contributed by atoms with Crippen molar-refractivity contribution >= 4 is 0 Å². The van der Waals surface area contributed by atoms with Gasteiger partial charge in [-0.1, -0.05) is 0 Å². The van der Waals surface area contributed by atoms with Gasteiger partial charge in [-0.25, -0.2) is 0 Å². The molecule has 0 radical (unpaired) electrons. The lowest BCUT2D eigenvalue weighted by Gasteiger charge is -2.44.